The van der Waals surface area contributed by atoms with Crippen LogP contribution in [0.3, 0.4) is 0 Å². The second-order valence-corrected chi connectivity index (χ2v) is 4.64. The molecule has 1 aromatic rings. The number of amides is 1. The molecule has 0 spiro atoms. The molecular formula is C13H19N3OS. The van der Waals surface area contributed by atoms with E-state index in [1.165, 1.54) is 0 Å². The van der Waals surface area contributed by atoms with E-state index in [4.69, 9.17) is 18.0 Å². The summed E-state index contributed by atoms with van der Waals surface area (Å²) >= 11 is 4.95. The average molecular weight is 265 g/mol. The third-order valence-electron chi connectivity index (χ3n) is 2.49. The van der Waals surface area contributed by atoms with Gasteiger partial charge < -0.3 is 11.1 Å². The van der Waals surface area contributed by atoms with Crippen LogP contribution in [0.15, 0.2) is 24.3 Å². The topological polar surface area (TPSA) is 58.4 Å². The molecule has 5 heteroatoms. The Kier molecular flexibility index (Phi) is 5.74. The lowest BCUT2D eigenvalue weighted by Gasteiger charge is -2.16. The van der Waals surface area contributed by atoms with Crippen molar-refractivity contribution in [3.63, 3.8) is 0 Å². The van der Waals surface area contributed by atoms with E-state index in [0.717, 1.165) is 13.0 Å². The Labute approximate surface area is 113 Å². The summed E-state index contributed by atoms with van der Waals surface area (Å²) < 4.78 is 0. The molecule has 0 fully saturated rings. The number of hydrogen-bond donors (Lipinski definition) is 2. The van der Waals surface area contributed by atoms with E-state index in [1.807, 2.05) is 24.1 Å². The minimum atomic E-state index is -0.0605. The number of rotatable bonds is 6. The van der Waals surface area contributed by atoms with Gasteiger partial charge in [-0.3, -0.25) is 9.69 Å². The second kappa shape index (κ2) is 7.08. The molecule has 4 nitrogen and oxygen atoms in total. The van der Waals surface area contributed by atoms with E-state index >= 15 is 0 Å². The lowest BCUT2D eigenvalue weighted by atomic mass is 10.2. The fourth-order valence-electron chi connectivity index (χ4n) is 1.70. The minimum Gasteiger partial charge on any atom is -0.389 e. The van der Waals surface area contributed by atoms with E-state index in [1.54, 1.807) is 12.1 Å². The zero-order chi connectivity index (χ0) is 13.5. The van der Waals surface area contributed by atoms with E-state index in [9.17, 15) is 4.79 Å². The zero-order valence-corrected chi connectivity index (χ0v) is 11.6. The second-order valence-electron chi connectivity index (χ2n) is 4.20. The molecule has 0 unspecified atom stereocenters. The molecule has 0 aliphatic rings. The van der Waals surface area contributed by atoms with Crippen molar-refractivity contribution < 1.29 is 4.79 Å². The highest BCUT2D eigenvalue weighted by Gasteiger charge is 2.09. The standard InChI is InChI=1S/C13H19N3OS/c1-3-8-16(2)9-12(17)15-11-7-5-4-6-10(11)13(14)18/h4-7H,3,8-9H2,1-2H3,(H2,14,18)(H,15,17). The summed E-state index contributed by atoms with van der Waals surface area (Å²) in [6, 6.07) is 7.28. The van der Waals surface area contributed by atoms with E-state index in [2.05, 4.69) is 12.2 Å². The van der Waals surface area contributed by atoms with Crippen LogP contribution in [0, 0.1) is 0 Å². The number of benzene rings is 1. The molecule has 0 atom stereocenters. The molecule has 18 heavy (non-hydrogen) atoms. The Bertz CT molecular complexity index is 434. The predicted octanol–water partition coefficient (Wildman–Crippen LogP) is 1.60. The Morgan fingerprint density at radius 1 is 1.44 bits per heavy atom. The number of para-hydroxylation sites is 1. The Balaban J connectivity index is 2.67. The van der Waals surface area contributed by atoms with Crippen LogP contribution < -0.4 is 11.1 Å². The van der Waals surface area contributed by atoms with Crippen LogP contribution in [0.5, 0.6) is 0 Å². The van der Waals surface area contributed by atoms with Crippen molar-refractivity contribution in [1.82, 2.24) is 4.90 Å². The summed E-state index contributed by atoms with van der Waals surface area (Å²) in [7, 11) is 1.92. The summed E-state index contributed by atoms with van der Waals surface area (Å²) in [6.07, 6.45) is 1.02. The third kappa shape index (κ3) is 4.43. The fourth-order valence-corrected chi connectivity index (χ4v) is 1.88. The van der Waals surface area contributed by atoms with Gasteiger partial charge in [-0.05, 0) is 32.1 Å². The predicted molar refractivity (Wildman–Crippen MR) is 78.7 cm³/mol. The first-order chi connectivity index (χ1) is 8.54. The molecule has 3 N–H and O–H groups in total. The number of carbonyl (C=O) groups is 1. The molecule has 0 saturated heterocycles. The van der Waals surface area contributed by atoms with Gasteiger partial charge in [-0.25, -0.2) is 0 Å². The van der Waals surface area contributed by atoms with Crippen molar-refractivity contribution in [2.24, 2.45) is 5.73 Å². The first-order valence-corrected chi connectivity index (χ1v) is 6.32. The summed E-state index contributed by atoms with van der Waals surface area (Å²) in [4.78, 5) is 14.1. The van der Waals surface area contributed by atoms with Crippen molar-refractivity contribution in [2.45, 2.75) is 13.3 Å². The highest BCUT2D eigenvalue weighted by atomic mass is 32.1. The number of nitrogens with zero attached hydrogens (tertiary/aromatic N) is 1. The van der Waals surface area contributed by atoms with Crippen LogP contribution in [0.4, 0.5) is 5.69 Å². The van der Waals surface area contributed by atoms with Crippen LogP contribution in [0.25, 0.3) is 0 Å². The molecule has 0 saturated carbocycles. The van der Waals surface area contributed by atoms with Gasteiger partial charge in [0.05, 0.1) is 12.2 Å². The molecule has 0 bridgehead atoms. The summed E-state index contributed by atoms with van der Waals surface area (Å²) in [5.74, 6) is -0.0605. The number of nitrogens with two attached hydrogens (primary N) is 1. The molecule has 1 aromatic carbocycles. The lowest BCUT2D eigenvalue weighted by Crippen LogP contribution is -2.31. The molecule has 0 radical (unpaired) electrons. The number of likely N-dealkylation sites (N-methyl/N-ethyl adjacent to an activating group) is 1. The van der Waals surface area contributed by atoms with Crippen molar-refractivity contribution in [3.8, 4) is 0 Å². The third-order valence-corrected chi connectivity index (χ3v) is 2.71. The van der Waals surface area contributed by atoms with Gasteiger partial charge in [0.1, 0.15) is 4.99 Å². The SMILES string of the molecule is CCCN(C)CC(=O)Nc1ccccc1C(N)=S. The summed E-state index contributed by atoms with van der Waals surface area (Å²) in [5, 5.41) is 2.83. The monoisotopic (exact) mass is 265 g/mol. The lowest BCUT2D eigenvalue weighted by molar-refractivity contribution is -0.117. The Hall–Kier alpha value is -1.46. The van der Waals surface area contributed by atoms with Crippen LogP contribution >= 0.6 is 12.2 Å². The first kappa shape index (κ1) is 14.6. The average Bonchev–Trinajstić information content (AvgIpc) is 2.29. The maximum absolute atomic E-state index is 11.8. The molecule has 0 aliphatic heterocycles. The van der Waals surface area contributed by atoms with Gasteiger partial charge in [0.15, 0.2) is 0 Å². The Morgan fingerprint density at radius 3 is 2.72 bits per heavy atom. The van der Waals surface area contributed by atoms with Crippen molar-refractivity contribution in [2.75, 3.05) is 25.5 Å². The normalized spacial score (nSPS) is 10.4. The van der Waals surface area contributed by atoms with E-state index < -0.39 is 0 Å². The van der Waals surface area contributed by atoms with Gasteiger partial charge in [0, 0.05) is 5.56 Å². The van der Waals surface area contributed by atoms with Crippen LogP contribution in [-0.2, 0) is 4.79 Å². The zero-order valence-electron chi connectivity index (χ0n) is 10.8. The highest BCUT2D eigenvalue weighted by Crippen LogP contribution is 2.14. The van der Waals surface area contributed by atoms with Gasteiger partial charge in [0.25, 0.3) is 0 Å². The van der Waals surface area contributed by atoms with Gasteiger partial charge in [-0.2, -0.15) is 0 Å². The molecule has 0 aliphatic carbocycles. The summed E-state index contributed by atoms with van der Waals surface area (Å²) in [6.45, 7) is 3.33. The Morgan fingerprint density at radius 2 is 2.11 bits per heavy atom. The quantitative estimate of drug-likeness (QED) is 0.767. The molecule has 98 valence electrons. The smallest absolute Gasteiger partial charge is 0.238 e. The number of thiocarbonyl (C=S) groups is 1. The first-order valence-electron chi connectivity index (χ1n) is 5.91. The molecule has 1 rings (SSSR count). The maximum atomic E-state index is 11.8. The number of nitrogens with one attached hydrogen (secondary N) is 1. The highest BCUT2D eigenvalue weighted by molar-refractivity contribution is 7.80. The van der Waals surface area contributed by atoms with E-state index in [-0.39, 0.29) is 10.9 Å². The summed E-state index contributed by atoms with van der Waals surface area (Å²) in [5.41, 5.74) is 6.97. The van der Waals surface area contributed by atoms with E-state index in [0.29, 0.717) is 17.8 Å². The largest absolute Gasteiger partial charge is 0.389 e. The van der Waals surface area contributed by atoms with Gasteiger partial charge >= 0.3 is 0 Å². The van der Waals surface area contributed by atoms with Gasteiger partial charge in [-0.15, -0.1) is 0 Å². The number of carbonyl (C=O) groups excluding carboxylic acids is 1. The van der Waals surface area contributed by atoms with Crippen molar-refractivity contribution in [3.05, 3.63) is 29.8 Å². The number of hydrogen-bond acceptors (Lipinski definition) is 3. The maximum Gasteiger partial charge on any atom is 0.238 e. The molecule has 0 heterocycles. The van der Waals surface area contributed by atoms with Crippen molar-refractivity contribution >= 4 is 28.8 Å². The van der Waals surface area contributed by atoms with Crippen molar-refractivity contribution in [1.29, 1.82) is 0 Å². The van der Waals surface area contributed by atoms with Gasteiger partial charge in [0.2, 0.25) is 5.91 Å². The number of anilines is 1. The minimum absolute atomic E-state index is 0.0605. The van der Waals surface area contributed by atoms with Gasteiger partial charge in [-0.1, -0.05) is 31.3 Å². The fraction of sp³-hybridized carbons (Fsp3) is 0.385. The van der Waals surface area contributed by atoms with Crippen LogP contribution in [0.1, 0.15) is 18.9 Å². The molecular weight excluding hydrogens is 246 g/mol. The molecule has 0 aromatic heterocycles. The molecule has 1 amide bonds. The van der Waals surface area contributed by atoms with Crippen LogP contribution in [-0.4, -0.2) is 35.9 Å². The van der Waals surface area contributed by atoms with Crippen LogP contribution in [0.2, 0.25) is 0 Å².